The number of nitrogens with zero attached hydrogens (tertiary/aromatic N) is 5. The maximum Gasteiger partial charge on any atom is 0.435 e. The predicted octanol–water partition coefficient (Wildman–Crippen LogP) is 10.7. The molecule has 0 spiro atoms. The Kier molecular flexibility index (Phi) is 22.2. The minimum atomic E-state index is -4.75. The number of imidazole rings is 2. The van der Waals surface area contributed by atoms with Crippen molar-refractivity contribution in [1.82, 2.24) is 29.2 Å². The number of aromatic nitrogens is 4. The maximum atomic E-state index is 13.7. The van der Waals surface area contributed by atoms with Gasteiger partial charge in [-0.1, -0.05) is 57.1 Å². The first-order chi connectivity index (χ1) is 21.5. The first-order valence-corrected chi connectivity index (χ1v) is 15.3. The fourth-order valence-corrected chi connectivity index (χ4v) is 3.68. The number of fused-ring (bicyclic) bond motifs is 3. The van der Waals surface area contributed by atoms with Gasteiger partial charge < -0.3 is 10.2 Å². The van der Waals surface area contributed by atoms with E-state index in [-0.39, 0.29) is 18.0 Å². The molecule has 0 aliphatic heterocycles. The van der Waals surface area contributed by atoms with E-state index >= 15 is 0 Å². The van der Waals surface area contributed by atoms with Crippen molar-refractivity contribution >= 4 is 23.1 Å². The molecule has 0 unspecified atom stereocenters. The number of halogens is 6. The number of rotatable bonds is 8. The van der Waals surface area contributed by atoms with Crippen LogP contribution in [-0.4, -0.2) is 50.7 Å². The van der Waals surface area contributed by atoms with Crippen LogP contribution >= 0.6 is 0 Å². The average molecular weight is 661 g/mol. The molecule has 46 heavy (non-hydrogen) atoms. The second-order valence-electron chi connectivity index (χ2n) is 10.2. The van der Waals surface area contributed by atoms with Crippen LogP contribution in [0.25, 0.3) is 23.1 Å². The summed E-state index contributed by atoms with van der Waals surface area (Å²) in [5.74, 6) is 0.00597. The zero-order valence-corrected chi connectivity index (χ0v) is 29.4. The highest BCUT2D eigenvalue weighted by molar-refractivity contribution is 5.80. The van der Waals surface area contributed by atoms with E-state index in [9.17, 15) is 26.3 Å². The van der Waals surface area contributed by atoms with E-state index in [0.29, 0.717) is 11.2 Å². The molecule has 3 aromatic rings. The summed E-state index contributed by atoms with van der Waals surface area (Å²) in [5.41, 5.74) is 1.68. The molecule has 0 aliphatic carbocycles. The topological polar surface area (TPSA) is 50.4 Å². The van der Waals surface area contributed by atoms with E-state index < -0.39 is 31.0 Å². The summed E-state index contributed by atoms with van der Waals surface area (Å²) in [5, 5.41) is 2.84. The lowest BCUT2D eigenvalue weighted by Crippen LogP contribution is -2.26. The van der Waals surface area contributed by atoms with Gasteiger partial charge in [0, 0.05) is 32.5 Å². The SMILES string of the molecule is C/C=C\NC.C=CCC.CC.CC(C)=Cn1c2ncccc2n2c(CN(C)CCC(F)(F)F)c(C(F)(F)F)nc12.CCC=C(C)C. The Morgan fingerprint density at radius 2 is 1.61 bits per heavy atom. The highest BCUT2D eigenvalue weighted by Gasteiger charge is 2.39. The van der Waals surface area contributed by atoms with Crippen LogP contribution in [-0.2, 0) is 12.7 Å². The van der Waals surface area contributed by atoms with Crippen LogP contribution < -0.4 is 5.32 Å². The summed E-state index contributed by atoms with van der Waals surface area (Å²) in [7, 11) is 3.22. The Morgan fingerprint density at radius 1 is 1.02 bits per heavy atom. The number of alkyl halides is 6. The predicted molar refractivity (Wildman–Crippen MR) is 182 cm³/mol. The van der Waals surface area contributed by atoms with Crippen molar-refractivity contribution in [3.63, 3.8) is 0 Å². The highest BCUT2D eigenvalue weighted by Crippen LogP contribution is 2.35. The molecule has 0 aliphatic rings. The lowest BCUT2D eigenvalue weighted by molar-refractivity contribution is -0.143. The van der Waals surface area contributed by atoms with Gasteiger partial charge in [0.15, 0.2) is 11.3 Å². The Bertz CT molecular complexity index is 1350. The van der Waals surface area contributed by atoms with E-state index in [2.05, 4.69) is 55.6 Å². The van der Waals surface area contributed by atoms with Gasteiger partial charge in [-0.2, -0.15) is 26.3 Å². The van der Waals surface area contributed by atoms with Crippen LogP contribution in [0.3, 0.4) is 0 Å². The minimum absolute atomic E-state index is 0.00597. The van der Waals surface area contributed by atoms with Crippen molar-refractivity contribution in [1.29, 1.82) is 0 Å². The van der Waals surface area contributed by atoms with Crippen LogP contribution in [0, 0.1) is 0 Å². The number of hydrogen-bond donors (Lipinski definition) is 1. The normalized spacial score (nSPS) is 10.9. The molecular formula is C34H54F6N6. The maximum absolute atomic E-state index is 13.7. The molecule has 6 nitrogen and oxygen atoms in total. The third kappa shape index (κ3) is 16.7. The van der Waals surface area contributed by atoms with E-state index in [1.54, 1.807) is 32.2 Å². The van der Waals surface area contributed by atoms with Crippen LogP contribution in [0.2, 0.25) is 0 Å². The van der Waals surface area contributed by atoms with Crippen LogP contribution in [0.5, 0.6) is 0 Å². The lowest BCUT2D eigenvalue weighted by Gasteiger charge is -2.18. The fraction of sp³-hybridized carbons (Fsp3) is 0.529. The van der Waals surface area contributed by atoms with Gasteiger partial charge >= 0.3 is 12.4 Å². The highest BCUT2D eigenvalue weighted by atomic mass is 19.4. The molecule has 0 aromatic carbocycles. The minimum Gasteiger partial charge on any atom is -0.394 e. The molecule has 3 aromatic heterocycles. The smallest absolute Gasteiger partial charge is 0.394 e. The number of allylic oxidation sites excluding steroid dienone is 5. The van der Waals surface area contributed by atoms with Gasteiger partial charge in [0.25, 0.3) is 0 Å². The molecule has 3 rings (SSSR count). The molecule has 262 valence electrons. The van der Waals surface area contributed by atoms with E-state index in [1.807, 2.05) is 46.2 Å². The zero-order chi connectivity index (χ0) is 36.1. The summed E-state index contributed by atoms with van der Waals surface area (Å²) in [6, 6.07) is 3.19. The Balaban J connectivity index is 0. The molecular weight excluding hydrogens is 606 g/mol. The molecule has 12 heteroatoms. The molecule has 0 atom stereocenters. The monoisotopic (exact) mass is 660 g/mol. The molecule has 0 fully saturated rings. The summed E-state index contributed by atoms with van der Waals surface area (Å²) < 4.78 is 81.3. The zero-order valence-electron chi connectivity index (χ0n) is 29.4. The molecule has 1 N–H and O–H groups in total. The number of pyridine rings is 1. The molecule has 0 amide bonds. The summed E-state index contributed by atoms with van der Waals surface area (Å²) >= 11 is 0. The van der Waals surface area contributed by atoms with Gasteiger partial charge in [0.1, 0.15) is 0 Å². The second kappa shape index (κ2) is 22.9. The van der Waals surface area contributed by atoms with Crippen molar-refractivity contribution < 1.29 is 26.3 Å². The average Bonchev–Trinajstić information content (AvgIpc) is 3.49. The lowest BCUT2D eigenvalue weighted by atomic mass is 10.2. The van der Waals surface area contributed by atoms with Crippen molar-refractivity contribution in [3.8, 4) is 0 Å². The van der Waals surface area contributed by atoms with E-state index in [4.69, 9.17) is 0 Å². The number of nitrogens with one attached hydrogen (secondary N) is 1. The van der Waals surface area contributed by atoms with Crippen molar-refractivity contribution in [2.24, 2.45) is 0 Å². The fourth-order valence-electron chi connectivity index (χ4n) is 3.68. The first-order valence-electron chi connectivity index (χ1n) is 15.3. The van der Waals surface area contributed by atoms with Crippen molar-refractivity contribution in [2.45, 2.75) is 100 Å². The van der Waals surface area contributed by atoms with Gasteiger partial charge in [-0.05, 0) is 72.8 Å². The van der Waals surface area contributed by atoms with Crippen LogP contribution in [0.1, 0.15) is 93.0 Å². The summed E-state index contributed by atoms with van der Waals surface area (Å²) in [6.45, 7) is 20.7. The Labute approximate surface area is 271 Å². The molecule has 0 saturated carbocycles. The first kappa shape index (κ1) is 44.6. The molecule has 3 heterocycles. The van der Waals surface area contributed by atoms with Gasteiger partial charge in [-0.15, -0.1) is 6.58 Å². The van der Waals surface area contributed by atoms with Crippen LogP contribution in [0.4, 0.5) is 26.3 Å². The summed E-state index contributed by atoms with van der Waals surface area (Å²) in [4.78, 5) is 9.24. The third-order valence-corrected chi connectivity index (χ3v) is 5.49. The molecule has 0 saturated heterocycles. The van der Waals surface area contributed by atoms with Crippen LogP contribution in [0.15, 0.2) is 60.5 Å². The standard InChI is InChI=1S/C18H19F6N5.C6H12.C4H9N.C4H8.C2H6/c1-11(2)9-28-15-12(5-4-7-25-15)29-13(10-27(3)8-6-17(19,20)21)14(18(22,23)24)26-16(28)29;1-4-5-6(2)3;1-3-4-5-2;1-3-4-2;1-2/h4-5,7,9H,6,8,10H2,1-3H3;5H,4H2,1-3H3;3-5H,1-2H3;3H,1,4H2,2H3;1-2H3/b;;4-3-;;. The van der Waals surface area contributed by atoms with Crippen molar-refractivity contribution in [2.75, 3.05) is 20.6 Å². The molecule has 0 radical (unpaired) electrons. The third-order valence-electron chi connectivity index (χ3n) is 5.49. The van der Waals surface area contributed by atoms with Gasteiger partial charge in [-0.25, -0.2) is 9.97 Å². The van der Waals surface area contributed by atoms with Gasteiger partial charge in [0.2, 0.25) is 5.78 Å². The molecule has 0 bridgehead atoms. The quantitative estimate of drug-likeness (QED) is 0.193. The Morgan fingerprint density at radius 3 is 1.98 bits per heavy atom. The summed E-state index contributed by atoms with van der Waals surface area (Å²) in [6.07, 6.45) is 3.02. The Hall–Kier alpha value is -3.54. The van der Waals surface area contributed by atoms with Gasteiger partial charge in [0.05, 0.1) is 17.6 Å². The largest absolute Gasteiger partial charge is 0.435 e. The van der Waals surface area contributed by atoms with Crippen molar-refractivity contribution in [3.05, 3.63) is 71.9 Å². The number of hydrogen-bond acceptors (Lipinski definition) is 4. The van der Waals surface area contributed by atoms with Gasteiger partial charge in [-0.3, -0.25) is 8.97 Å². The second-order valence-corrected chi connectivity index (χ2v) is 10.2. The van der Waals surface area contributed by atoms with E-state index in [0.717, 1.165) is 12.0 Å². The van der Waals surface area contributed by atoms with E-state index in [1.165, 1.54) is 39.1 Å².